The number of hydrogen-bond donors (Lipinski definition) is 0. The molecule has 0 spiro atoms. The van der Waals surface area contributed by atoms with Crippen molar-refractivity contribution < 1.29 is 61.6 Å². The van der Waals surface area contributed by atoms with E-state index in [-0.39, 0.29) is 49.2 Å². The number of esters is 2. The van der Waals surface area contributed by atoms with Crippen LogP contribution in [0.1, 0.15) is 20.3 Å². The fourth-order valence-corrected chi connectivity index (χ4v) is 1.95. The molecule has 0 aliphatic heterocycles. The Balaban J connectivity index is 0. The van der Waals surface area contributed by atoms with Crippen molar-refractivity contribution in [3.8, 4) is 0 Å². The molecule has 9 heteroatoms. The molecular formula is C9H15NaO7S. The zero-order chi connectivity index (χ0) is 13.5. The van der Waals surface area contributed by atoms with Crippen LogP contribution in [0.2, 0.25) is 0 Å². The first kappa shape index (κ1) is 20.2. The van der Waals surface area contributed by atoms with E-state index < -0.39 is 33.7 Å². The molecule has 0 saturated carbocycles. The molecule has 0 amide bonds. The molecule has 0 heterocycles. The molecule has 0 bridgehead atoms. The zero-order valence-electron chi connectivity index (χ0n) is 10.7. The van der Waals surface area contributed by atoms with E-state index in [1.165, 1.54) is 13.8 Å². The molecule has 0 saturated heterocycles. The van der Waals surface area contributed by atoms with Crippen molar-refractivity contribution in [2.45, 2.75) is 20.3 Å². The third-order valence-electron chi connectivity index (χ3n) is 1.79. The van der Waals surface area contributed by atoms with Crippen molar-refractivity contribution >= 4 is 22.1 Å². The van der Waals surface area contributed by atoms with Crippen molar-refractivity contribution in [2.24, 2.45) is 5.92 Å². The van der Waals surface area contributed by atoms with Gasteiger partial charge >= 0.3 is 41.5 Å². The molecule has 0 aromatic rings. The van der Waals surface area contributed by atoms with E-state index in [0.29, 0.717) is 0 Å². The molecule has 0 N–H and O–H groups in total. The minimum absolute atomic E-state index is 0. The molecule has 0 fully saturated rings. The molecular weight excluding hydrogens is 275 g/mol. The molecule has 1 atom stereocenters. The van der Waals surface area contributed by atoms with Gasteiger partial charge in [-0.2, -0.15) is 0 Å². The van der Waals surface area contributed by atoms with Crippen LogP contribution in [-0.4, -0.2) is 43.9 Å². The van der Waals surface area contributed by atoms with Crippen molar-refractivity contribution in [2.75, 3.05) is 19.0 Å². The number of carbonyl (C=O) groups is 2. The standard InChI is InChI=1S/C9H16O7S.Na/c1-7(10)15-4-3-9(5-16-8(2)11)6-17(12,13)14;/h9H,3-6H2,1-2H3,(H,12,13,14);/q;+1/p-1. The Bertz CT molecular complexity index is 365. The smallest absolute Gasteiger partial charge is 0.748 e. The van der Waals surface area contributed by atoms with Crippen molar-refractivity contribution in [1.82, 2.24) is 0 Å². The summed E-state index contributed by atoms with van der Waals surface area (Å²) in [6.45, 7) is 2.19. The first-order valence-corrected chi connectivity index (χ1v) is 6.48. The Labute approximate surface area is 128 Å². The molecule has 7 nitrogen and oxygen atoms in total. The Hall–Kier alpha value is -0.150. The van der Waals surface area contributed by atoms with E-state index in [0.717, 1.165) is 0 Å². The predicted molar refractivity (Wildman–Crippen MR) is 55.9 cm³/mol. The first-order chi connectivity index (χ1) is 7.70. The van der Waals surface area contributed by atoms with Crippen LogP contribution in [0.3, 0.4) is 0 Å². The largest absolute Gasteiger partial charge is 1.00 e. The fourth-order valence-electron chi connectivity index (χ4n) is 1.11. The van der Waals surface area contributed by atoms with Gasteiger partial charge in [-0.1, -0.05) is 0 Å². The van der Waals surface area contributed by atoms with Crippen molar-refractivity contribution in [3.63, 3.8) is 0 Å². The average molecular weight is 290 g/mol. The van der Waals surface area contributed by atoms with Gasteiger partial charge in [-0.05, 0) is 6.42 Å². The number of carbonyl (C=O) groups excluding carboxylic acids is 2. The van der Waals surface area contributed by atoms with Crippen LogP contribution in [0, 0.1) is 5.92 Å². The summed E-state index contributed by atoms with van der Waals surface area (Å²) < 4.78 is 41.0. The third-order valence-corrected chi connectivity index (χ3v) is 2.67. The molecule has 0 aliphatic carbocycles. The van der Waals surface area contributed by atoms with E-state index >= 15 is 0 Å². The van der Waals surface area contributed by atoms with E-state index in [1.807, 2.05) is 0 Å². The molecule has 1 unspecified atom stereocenters. The Kier molecular flexibility index (Phi) is 10.9. The van der Waals surface area contributed by atoms with Gasteiger partial charge in [0, 0.05) is 25.5 Å². The van der Waals surface area contributed by atoms with E-state index in [9.17, 15) is 22.6 Å². The van der Waals surface area contributed by atoms with Crippen molar-refractivity contribution in [3.05, 3.63) is 0 Å². The summed E-state index contributed by atoms with van der Waals surface area (Å²) in [6.07, 6.45) is 0.147. The van der Waals surface area contributed by atoms with Crippen LogP contribution in [0.5, 0.6) is 0 Å². The summed E-state index contributed by atoms with van der Waals surface area (Å²) >= 11 is 0. The summed E-state index contributed by atoms with van der Waals surface area (Å²) in [7, 11) is -4.40. The minimum atomic E-state index is -4.40. The molecule has 0 aliphatic rings. The molecule has 100 valence electrons. The topological polar surface area (TPSA) is 110 Å². The molecule has 18 heavy (non-hydrogen) atoms. The van der Waals surface area contributed by atoms with Gasteiger partial charge in [0.05, 0.1) is 23.3 Å². The van der Waals surface area contributed by atoms with Gasteiger partial charge in [0.2, 0.25) is 0 Å². The van der Waals surface area contributed by atoms with Gasteiger partial charge in [-0.25, -0.2) is 8.42 Å². The Morgan fingerprint density at radius 3 is 2.06 bits per heavy atom. The van der Waals surface area contributed by atoms with Gasteiger partial charge in [0.25, 0.3) is 0 Å². The van der Waals surface area contributed by atoms with Gasteiger partial charge < -0.3 is 14.0 Å². The monoisotopic (exact) mass is 290 g/mol. The Morgan fingerprint density at radius 2 is 1.67 bits per heavy atom. The second-order valence-corrected chi connectivity index (χ2v) is 4.97. The summed E-state index contributed by atoms with van der Waals surface area (Å²) in [5, 5.41) is 0. The maximum atomic E-state index is 10.6. The summed E-state index contributed by atoms with van der Waals surface area (Å²) in [5.41, 5.74) is 0. The third kappa shape index (κ3) is 13.9. The average Bonchev–Trinajstić information content (AvgIpc) is 2.10. The fraction of sp³-hybridized carbons (Fsp3) is 0.778. The van der Waals surface area contributed by atoms with Crippen LogP contribution < -0.4 is 29.6 Å². The number of rotatable bonds is 7. The van der Waals surface area contributed by atoms with Crippen LogP contribution >= 0.6 is 0 Å². The normalized spacial score (nSPS) is 12.2. The second-order valence-electron chi connectivity index (χ2n) is 3.52. The maximum absolute atomic E-state index is 10.6. The quantitative estimate of drug-likeness (QED) is 0.274. The first-order valence-electron chi connectivity index (χ1n) is 4.91. The van der Waals surface area contributed by atoms with E-state index in [1.54, 1.807) is 0 Å². The van der Waals surface area contributed by atoms with E-state index in [2.05, 4.69) is 9.47 Å². The van der Waals surface area contributed by atoms with Crippen LogP contribution in [0.25, 0.3) is 0 Å². The molecule has 0 radical (unpaired) electrons. The summed E-state index contributed by atoms with van der Waals surface area (Å²) in [4.78, 5) is 21.0. The van der Waals surface area contributed by atoms with Gasteiger partial charge in [-0.3, -0.25) is 9.59 Å². The summed E-state index contributed by atoms with van der Waals surface area (Å²) in [5.74, 6) is -2.38. The minimum Gasteiger partial charge on any atom is -0.748 e. The number of hydrogen-bond acceptors (Lipinski definition) is 7. The predicted octanol–water partition coefficient (Wildman–Crippen LogP) is -3.33. The van der Waals surface area contributed by atoms with Gasteiger partial charge in [0.15, 0.2) is 0 Å². The second kappa shape index (κ2) is 9.74. The van der Waals surface area contributed by atoms with E-state index in [4.69, 9.17) is 0 Å². The van der Waals surface area contributed by atoms with Crippen LogP contribution in [-0.2, 0) is 29.2 Å². The number of ether oxygens (including phenoxy) is 2. The summed E-state index contributed by atoms with van der Waals surface area (Å²) in [6, 6.07) is 0. The zero-order valence-corrected chi connectivity index (χ0v) is 13.5. The SMILES string of the molecule is CC(=O)OCCC(COC(C)=O)CS(=O)(=O)[O-].[Na+]. The van der Waals surface area contributed by atoms with Crippen LogP contribution in [0.4, 0.5) is 0 Å². The molecule has 0 rings (SSSR count). The van der Waals surface area contributed by atoms with Gasteiger partial charge in [0.1, 0.15) is 0 Å². The Morgan fingerprint density at radius 1 is 1.17 bits per heavy atom. The maximum Gasteiger partial charge on any atom is 1.00 e. The molecule has 0 aromatic carbocycles. The van der Waals surface area contributed by atoms with Crippen LogP contribution in [0.15, 0.2) is 0 Å². The van der Waals surface area contributed by atoms with Gasteiger partial charge in [-0.15, -0.1) is 0 Å². The van der Waals surface area contributed by atoms with Crippen molar-refractivity contribution in [1.29, 1.82) is 0 Å². The molecule has 0 aromatic heterocycles.